The molecule has 1 saturated heterocycles. The van der Waals surface area contributed by atoms with Gasteiger partial charge in [-0.1, -0.05) is 44.9 Å². The van der Waals surface area contributed by atoms with E-state index in [-0.39, 0.29) is 5.60 Å². The molecule has 17 heavy (non-hydrogen) atoms. The Bertz CT molecular complexity index is 236. The Morgan fingerprint density at radius 1 is 1.00 bits per heavy atom. The quantitative estimate of drug-likeness (QED) is 0.796. The fourth-order valence-electron chi connectivity index (χ4n) is 4.14. The summed E-state index contributed by atoms with van der Waals surface area (Å²) in [6.07, 6.45) is 14.4. The van der Waals surface area contributed by atoms with Gasteiger partial charge in [0.2, 0.25) is 0 Å². The van der Waals surface area contributed by atoms with Crippen molar-refractivity contribution < 1.29 is 4.74 Å². The fourth-order valence-corrected chi connectivity index (χ4v) is 4.14. The molecule has 0 bridgehead atoms. The van der Waals surface area contributed by atoms with Gasteiger partial charge in [0.05, 0.1) is 11.7 Å². The van der Waals surface area contributed by atoms with Gasteiger partial charge in [0, 0.05) is 13.1 Å². The summed E-state index contributed by atoms with van der Waals surface area (Å²) in [4.78, 5) is 0. The molecule has 0 radical (unpaired) electrons. The molecule has 3 rings (SSSR count). The molecule has 1 unspecified atom stereocenters. The van der Waals surface area contributed by atoms with Gasteiger partial charge >= 0.3 is 0 Å². The summed E-state index contributed by atoms with van der Waals surface area (Å²) in [6, 6.07) is 0. The smallest absolute Gasteiger partial charge is 0.0810 e. The molecule has 0 aromatic carbocycles. The van der Waals surface area contributed by atoms with Gasteiger partial charge < -0.3 is 10.1 Å². The maximum atomic E-state index is 6.51. The van der Waals surface area contributed by atoms with Gasteiger partial charge in [0.15, 0.2) is 0 Å². The highest BCUT2D eigenvalue weighted by atomic mass is 16.5. The average molecular weight is 237 g/mol. The third kappa shape index (κ3) is 2.85. The number of hydrogen-bond donors (Lipinski definition) is 1. The molecule has 1 atom stereocenters. The fraction of sp³-hybridized carbons (Fsp3) is 1.00. The van der Waals surface area contributed by atoms with Crippen LogP contribution in [0.2, 0.25) is 0 Å². The van der Waals surface area contributed by atoms with Crippen molar-refractivity contribution in [2.24, 2.45) is 5.92 Å². The summed E-state index contributed by atoms with van der Waals surface area (Å²) in [5.74, 6) is 0.959. The van der Waals surface area contributed by atoms with Crippen molar-refractivity contribution in [1.29, 1.82) is 0 Å². The molecule has 2 aliphatic carbocycles. The normalized spacial score (nSPS) is 34.2. The van der Waals surface area contributed by atoms with Gasteiger partial charge in [0.25, 0.3) is 0 Å². The molecular formula is C15H27NO. The number of nitrogens with one attached hydrogen (secondary N) is 1. The highest BCUT2D eigenvalue weighted by Crippen LogP contribution is 2.36. The Hall–Kier alpha value is -0.0800. The molecule has 98 valence electrons. The zero-order valence-corrected chi connectivity index (χ0v) is 11.0. The molecule has 2 nitrogen and oxygen atoms in total. The maximum Gasteiger partial charge on any atom is 0.0810 e. The average Bonchev–Trinajstić information content (AvgIpc) is 2.83. The highest BCUT2D eigenvalue weighted by Gasteiger charge is 2.38. The van der Waals surface area contributed by atoms with E-state index >= 15 is 0 Å². The van der Waals surface area contributed by atoms with E-state index in [1.165, 1.54) is 64.2 Å². The van der Waals surface area contributed by atoms with E-state index in [1.54, 1.807) is 0 Å². The molecule has 3 aliphatic rings. The molecule has 1 N–H and O–H groups in total. The lowest BCUT2D eigenvalue weighted by atomic mass is 9.83. The molecule has 0 amide bonds. The van der Waals surface area contributed by atoms with E-state index in [2.05, 4.69) is 5.32 Å². The van der Waals surface area contributed by atoms with Crippen LogP contribution in [0.15, 0.2) is 0 Å². The minimum Gasteiger partial charge on any atom is -0.369 e. The third-order valence-electron chi connectivity index (χ3n) is 5.07. The standard InChI is InChI=1S/C15H27NO/c1-4-8-15(9-5-1)12-16-11-14(17-15)10-13-6-2-3-7-13/h13-14,16H,1-12H2. The van der Waals surface area contributed by atoms with Gasteiger partial charge in [-0.25, -0.2) is 0 Å². The Kier molecular flexibility index (Phi) is 3.72. The summed E-state index contributed by atoms with van der Waals surface area (Å²) >= 11 is 0. The largest absolute Gasteiger partial charge is 0.369 e. The number of hydrogen-bond acceptors (Lipinski definition) is 2. The molecular weight excluding hydrogens is 210 g/mol. The Balaban J connectivity index is 1.55. The van der Waals surface area contributed by atoms with E-state index in [9.17, 15) is 0 Å². The highest BCUT2D eigenvalue weighted by molar-refractivity contribution is 4.92. The SMILES string of the molecule is C1CCC2(CC1)CNCC(CC1CCCC1)O2. The summed E-state index contributed by atoms with van der Waals surface area (Å²) < 4.78 is 6.51. The maximum absolute atomic E-state index is 6.51. The van der Waals surface area contributed by atoms with Gasteiger partial charge in [-0.05, 0) is 25.2 Å². The van der Waals surface area contributed by atoms with Crippen LogP contribution in [0.4, 0.5) is 0 Å². The lowest BCUT2D eigenvalue weighted by Crippen LogP contribution is -2.55. The monoisotopic (exact) mass is 237 g/mol. The number of ether oxygens (including phenoxy) is 1. The lowest BCUT2D eigenvalue weighted by molar-refractivity contribution is -0.139. The minimum atomic E-state index is 0.222. The predicted molar refractivity (Wildman–Crippen MR) is 70.1 cm³/mol. The molecule has 1 spiro atoms. The van der Waals surface area contributed by atoms with Crippen LogP contribution in [-0.4, -0.2) is 24.8 Å². The molecule has 0 aromatic rings. The van der Waals surface area contributed by atoms with Crippen molar-refractivity contribution in [3.63, 3.8) is 0 Å². The first-order valence-corrected chi connectivity index (χ1v) is 7.75. The Labute approximate surface area is 105 Å². The summed E-state index contributed by atoms with van der Waals surface area (Å²) in [5, 5.41) is 3.64. The first-order chi connectivity index (χ1) is 8.36. The molecule has 2 heteroatoms. The topological polar surface area (TPSA) is 21.3 Å². The van der Waals surface area contributed by atoms with Crippen LogP contribution in [0, 0.1) is 5.92 Å². The predicted octanol–water partition coefficient (Wildman–Crippen LogP) is 3.26. The van der Waals surface area contributed by atoms with Crippen LogP contribution < -0.4 is 5.32 Å². The molecule has 2 saturated carbocycles. The van der Waals surface area contributed by atoms with Crippen LogP contribution in [0.5, 0.6) is 0 Å². The lowest BCUT2D eigenvalue weighted by Gasteiger charge is -2.44. The second kappa shape index (κ2) is 5.27. The second-order valence-corrected chi connectivity index (χ2v) is 6.50. The van der Waals surface area contributed by atoms with E-state index in [1.807, 2.05) is 0 Å². The van der Waals surface area contributed by atoms with Crippen LogP contribution in [0.3, 0.4) is 0 Å². The van der Waals surface area contributed by atoms with Crippen LogP contribution in [-0.2, 0) is 4.74 Å². The first-order valence-electron chi connectivity index (χ1n) is 7.75. The zero-order valence-electron chi connectivity index (χ0n) is 11.0. The summed E-state index contributed by atoms with van der Waals surface area (Å²) in [6.45, 7) is 2.20. The zero-order chi connectivity index (χ0) is 11.6. The van der Waals surface area contributed by atoms with E-state index in [0.717, 1.165) is 19.0 Å². The minimum absolute atomic E-state index is 0.222. The van der Waals surface area contributed by atoms with Crippen LogP contribution in [0.1, 0.15) is 64.2 Å². The van der Waals surface area contributed by atoms with Gasteiger partial charge in [-0.2, -0.15) is 0 Å². The second-order valence-electron chi connectivity index (χ2n) is 6.50. The number of rotatable bonds is 2. The summed E-state index contributed by atoms with van der Waals surface area (Å²) in [5.41, 5.74) is 0.222. The summed E-state index contributed by atoms with van der Waals surface area (Å²) in [7, 11) is 0. The van der Waals surface area contributed by atoms with Gasteiger partial charge in [0.1, 0.15) is 0 Å². The van der Waals surface area contributed by atoms with Gasteiger partial charge in [-0.3, -0.25) is 0 Å². The van der Waals surface area contributed by atoms with Crippen molar-refractivity contribution in [1.82, 2.24) is 5.32 Å². The van der Waals surface area contributed by atoms with Crippen LogP contribution in [0.25, 0.3) is 0 Å². The third-order valence-corrected chi connectivity index (χ3v) is 5.07. The molecule has 1 heterocycles. The first kappa shape index (κ1) is 12.0. The van der Waals surface area contributed by atoms with Crippen molar-refractivity contribution >= 4 is 0 Å². The van der Waals surface area contributed by atoms with E-state index < -0.39 is 0 Å². The van der Waals surface area contributed by atoms with Crippen molar-refractivity contribution in [2.75, 3.05) is 13.1 Å². The molecule has 0 aromatic heterocycles. The Morgan fingerprint density at radius 3 is 2.53 bits per heavy atom. The molecule has 1 aliphatic heterocycles. The Morgan fingerprint density at radius 2 is 1.76 bits per heavy atom. The van der Waals surface area contributed by atoms with E-state index in [0.29, 0.717) is 6.10 Å². The molecule has 3 fully saturated rings. The van der Waals surface area contributed by atoms with Crippen molar-refractivity contribution in [3.8, 4) is 0 Å². The van der Waals surface area contributed by atoms with Crippen LogP contribution >= 0.6 is 0 Å². The van der Waals surface area contributed by atoms with Crippen molar-refractivity contribution in [3.05, 3.63) is 0 Å². The van der Waals surface area contributed by atoms with Gasteiger partial charge in [-0.15, -0.1) is 0 Å². The van der Waals surface area contributed by atoms with Crippen molar-refractivity contribution in [2.45, 2.75) is 75.9 Å². The van der Waals surface area contributed by atoms with E-state index in [4.69, 9.17) is 4.74 Å². The number of morpholine rings is 1.